The number of fused-ring (bicyclic) bond motifs is 1. The van der Waals surface area contributed by atoms with Gasteiger partial charge in [-0.15, -0.1) is 0 Å². The molecule has 0 bridgehead atoms. The molecule has 9 heteroatoms. The number of furan rings is 1. The molecule has 2 N–H and O–H groups in total. The highest BCUT2D eigenvalue weighted by atomic mass is 19.1. The summed E-state index contributed by atoms with van der Waals surface area (Å²) in [5, 5.41) is 0.761. The molecule has 1 aromatic heterocycles. The fraction of sp³-hybridized carbons (Fsp3) is 0.711. The van der Waals surface area contributed by atoms with Crippen LogP contribution in [0.5, 0.6) is 0 Å². The molecule has 1 aromatic carbocycles. The number of nitrogens with zero attached hydrogens (tertiary/aromatic N) is 1. The summed E-state index contributed by atoms with van der Waals surface area (Å²) in [5.74, 6) is 0.773. The number of rotatable bonds is 11. The number of alkyl halides is 1. The largest absolute Gasteiger partial charge is 0.460 e. The minimum absolute atomic E-state index is 0.0674. The van der Waals surface area contributed by atoms with Crippen molar-refractivity contribution >= 4 is 28.6 Å². The van der Waals surface area contributed by atoms with Gasteiger partial charge in [-0.3, -0.25) is 9.59 Å². The lowest BCUT2D eigenvalue weighted by Crippen LogP contribution is -2.48. The number of nitrogens with two attached hydrogens (primary N) is 1. The molecule has 3 saturated carbocycles. The van der Waals surface area contributed by atoms with Crippen LogP contribution in [0.4, 0.5) is 4.39 Å². The molecule has 0 unspecified atom stereocenters. The predicted octanol–water partition coefficient (Wildman–Crippen LogP) is 6.81. The molecule has 3 atom stereocenters. The molecule has 258 valence electrons. The third kappa shape index (κ3) is 7.93. The molecule has 47 heavy (non-hydrogen) atoms. The number of hydrogen-bond acceptors (Lipinski definition) is 7. The zero-order valence-corrected chi connectivity index (χ0v) is 28.0. The van der Waals surface area contributed by atoms with Gasteiger partial charge < -0.3 is 24.5 Å². The van der Waals surface area contributed by atoms with E-state index in [-0.39, 0.29) is 47.7 Å². The van der Waals surface area contributed by atoms with Gasteiger partial charge in [0.1, 0.15) is 12.3 Å². The van der Waals surface area contributed by atoms with Gasteiger partial charge >= 0.3 is 5.97 Å². The average molecular weight is 653 g/mol. The molecule has 4 aliphatic rings. The normalized spacial score (nSPS) is 29.6. The lowest BCUT2D eigenvalue weighted by Gasteiger charge is -2.37. The highest BCUT2D eigenvalue weighted by Gasteiger charge is 2.47. The molecular formula is C38H53FN2O6. The molecule has 1 saturated heterocycles. The summed E-state index contributed by atoms with van der Waals surface area (Å²) in [5.41, 5.74) is 7.41. The van der Waals surface area contributed by atoms with E-state index in [0.717, 1.165) is 68.7 Å². The van der Waals surface area contributed by atoms with Crippen molar-refractivity contribution in [1.29, 1.82) is 0 Å². The Hall–Kier alpha value is -2.78. The monoisotopic (exact) mass is 652 g/mol. The first-order valence-electron chi connectivity index (χ1n) is 18.2. The molecule has 6 rings (SSSR count). The van der Waals surface area contributed by atoms with Crippen LogP contribution in [0.25, 0.3) is 11.0 Å². The predicted molar refractivity (Wildman–Crippen MR) is 178 cm³/mol. The van der Waals surface area contributed by atoms with Crippen LogP contribution >= 0.6 is 0 Å². The zero-order valence-electron chi connectivity index (χ0n) is 28.0. The van der Waals surface area contributed by atoms with Gasteiger partial charge in [-0.2, -0.15) is 0 Å². The molecular weight excluding hydrogens is 599 g/mol. The maximum atomic E-state index is 14.3. The van der Waals surface area contributed by atoms with Gasteiger partial charge in [0.05, 0.1) is 18.8 Å². The second kappa shape index (κ2) is 15.6. The number of halogens is 1. The van der Waals surface area contributed by atoms with Crippen LogP contribution in [0.15, 0.2) is 28.7 Å². The third-order valence-corrected chi connectivity index (χ3v) is 12.0. The van der Waals surface area contributed by atoms with E-state index in [4.69, 9.17) is 19.6 Å². The average Bonchev–Trinajstić information content (AvgIpc) is 3.76. The van der Waals surface area contributed by atoms with Crippen molar-refractivity contribution in [3.05, 3.63) is 35.6 Å². The van der Waals surface area contributed by atoms with E-state index in [0.29, 0.717) is 43.4 Å². The number of ketones is 1. The standard InChI is InChI=1S/C38H53FN2O6/c1-45-30-14-12-26(13-15-30)31-17-18-41(37(43)28-10-8-27(9-11-28)32(40)22-39)36(31)33(42)20-25-7-16-34-29(19-25)21-35(47-34)38(44)46-23-24-5-3-2-4-6-24/h7,16,19,21,24,26-28,30-32,36H,2-6,8-15,17-18,20,22-23,40H2,1H3/t26?,27?,28?,30?,31-,32+,36-/m0/s1. The number of ether oxygens (including phenoxy) is 2. The van der Waals surface area contributed by atoms with Gasteiger partial charge in [0.2, 0.25) is 11.7 Å². The number of amides is 1. The number of benzene rings is 1. The smallest absolute Gasteiger partial charge is 0.374 e. The van der Waals surface area contributed by atoms with Crippen molar-refractivity contribution in [2.24, 2.45) is 35.3 Å². The topological polar surface area (TPSA) is 112 Å². The number of methoxy groups -OCH3 is 1. The Labute approximate surface area is 278 Å². The lowest BCUT2D eigenvalue weighted by atomic mass is 9.74. The quantitative estimate of drug-likeness (QED) is 0.266. The summed E-state index contributed by atoms with van der Waals surface area (Å²) in [4.78, 5) is 43.0. The second-order valence-corrected chi connectivity index (χ2v) is 14.9. The summed E-state index contributed by atoms with van der Waals surface area (Å²) in [7, 11) is 1.77. The fourth-order valence-electron chi connectivity index (χ4n) is 9.10. The maximum absolute atomic E-state index is 14.3. The first kappa shape index (κ1) is 34.1. The second-order valence-electron chi connectivity index (χ2n) is 14.9. The van der Waals surface area contributed by atoms with Crippen LogP contribution in [0.3, 0.4) is 0 Å². The van der Waals surface area contributed by atoms with Gasteiger partial charge in [0.15, 0.2) is 5.78 Å². The van der Waals surface area contributed by atoms with E-state index in [9.17, 15) is 18.8 Å². The highest BCUT2D eigenvalue weighted by molar-refractivity contribution is 5.94. The van der Waals surface area contributed by atoms with Gasteiger partial charge in [0.25, 0.3) is 0 Å². The van der Waals surface area contributed by atoms with Crippen LogP contribution in [0.1, 0.15) is 106 Å². The van der Waals surface area contributed by atoms with Crippen LogP contribution < -0.4 is 5.73 Å². The van der Waals surface area contributed by atoms with Crippen molar-refractivity contribution in [2.45, 2.75) is 114 Å². The van der Waals surface area contributed by atoms with Crippen molar-refractivity contribution in [1.82, 2.24) is 4.90 Å². The molecule has 0 radical (unpaired) electrons. The summed E-state index contributed by atoms with van der Waals surface area (Å²) in [6, 6.07) is 6.41. The number of Topliss-reactive ketones (excluding diaryl/α,β-unsaturated/α-hetero) is 1. The molecule has 4 fully saturated rings. The highest BCUT2D eigenvalue weighted by Crippen LogP contribution is 2.42. The number of carbonyl (C=O) groups is 3. The summed E-state index contributed by atoms with van der Waals surface area (Å²) in [6.07, 6.45) is 14.0. The third-order valence-electron chi connectivity index (χ3n) is 12.0. The minimum atomic E-state index is -0.532. The Morgan fingerprint density at radius 1 is 0.957 bits per heavy atom. The van der Waals surface area contributed by atoms with Crippen molar-refractivity contribution < 1.29 is 32.7 Å². The van der Waals surface area contributed by atoms with Gasteiger partial charge in [-0.1, -0.05) is 25.3 Å². The van der Waals surface area contributed by atoms with Crippen LogP contribution in [-0.4, -0.2) is 67.7 Å². The summed E-state index contributed by atoms with van der Waals surface area (Å²) in [6.45, 7) is 0.490. The fourth-order valence-corrected chi connectivity index (χ4v) is 9.10. The van der Waals surface area contributed by atoms with E-state index in [1.807, 2.05) is 23.1 Å². The van der Waals surface area contributed by atoms with Crippen LogP contribution in [0.2, 0.25) is 0 Å². The van der Waals surface area contributed by atoms with E-state index in [1.165, 1.54) is 19.3 Å². The molecule has 3 aliphatic carbocycles. The zero-order chi connectivity index (χ0) is 32.9. The van der Waals surface area contributed by atoms with Crippen molar-refractivity contribution in [2.75, 3.05) is 26.9 Å². The Bertz CT molecular complexity index is 1370. The minimum Gasteiger partial charge on any atom is -0.460 e. The van der Waals surface area contributed by atoms with Gasteiger partial charge in [-0.25, -0.2) is 9.18 Å². The van der Waals surface area contributed by atoms with Crippen molar-refractivity contribution in [3.8, 4) is 0 Å². The molecule has 1 aliphatic heterocycles. The molecule has 2 aromatic rings. The van der Waals surface area contributed by atoms with Crippen molar-refractivity contribution in [3.63, 3.8) is 0 Å². The molecule has 0 spiro atoms. The van der Waals surface area contributed by atoms with Crippen LogP contribution in [-0.2, 0) is 25.5 Å². The number of carbonyl (C=O) groups excluding carboxylic acids is 3. The van der Waals surface area contributed by atoms with Gasteiger partial charge in [0, 0.05) is 37.4 Å². The Morgan fingerprint density at radius 2 is 1.70 bits per heavy atom. The SMILES string of the molecule is COC1CCC([C@@H]2CCN(C(=O)C3CCC([C@H](N)CF)CC3)[C@@H]2C(=O)Cc2ccc3oc(C(=O)OCC4CCCCC4)cc3c2)CC1. The van der Waals surface area contributed by atoms with Crippen LogP contribution in [0, 0.1) is 29.6 Å². The van der Waals surface area contributed by atoms with E-state index in [1.54, 1.807) is 13.2 Å². The number of esters is 1. The lowest BCUT2D eigenvalue weighted by molar-refractivity contribution is -0.143. The number of likely N-dealkylation sites (tertiary alicyclic amines) is 1. The van der Waals surface area contributed by atoms with E-state index in [2.05, 4.69) is 0 Å². The van der Waals surface area contributed by atoms with Gasteiger partial charge in [-0.05, 0) is 118 Å². The Kier molecular flexibility index (Phi) is 11.3. The Balaban J connectivity index is 1.15. The molecule has 8 nitrogen and oxygen atoms in total. The number of hydrogen-bond donors (Lipinski definition) is 1. The first-order valence-corrected chi connectivity index (χ1v) is 18.2. The van der Waals surface area contributed by atoms with E-state index < -0.39 is 24.7 Å². The summed E-state index contributed by atoms with van der Waals surface area (Å²) >= 11 is 0. The Morgan fingerprint density at radius 3 is 2.40 bits per heavy atom. The first-order chi connectivity index (χ1) is 22.8. The van der Waals surface area contributed by atoms with E-state index >= 15 is 0 Å². The molecule has 2 heterocycles. The maximum Gasteiger partial charge on any atom is 0.374 e. The molecule has 1 amide bonds. The summed E-state index contributed by atoms with van der Waals surface area (Å²) < 4.78 is 30.3.